The van der Waals surface area contributed by atoms with E-state index >= 15 is 0 Å². The fourth-order valence-corrected chi connectivity index (χ4v) is 2.52. The molecule has 14 heavy (non-hydrogen) atoms. The van der Waals surface area contributed by atoms with Gasteiger partial charge >= 0.3 is 0 Å². The number of hydrogen-bond acceptors (Lipinski definition) is 4. The second-order valence-electron chi connectivity index (χ2n) is 4.85. The average molecular weight is 200 g/mol. The Morgan fingerprint density at radius 3 is 2.71 bits per heavy atom. The van der Waals surface area contributed by atoms with Crippen molar-refractivity contribution in [3.05, 3.63) is 0 Å². The molecule has 0 aromatic rings. The Morgan fingerprint density at radius 1 is 1.64 bits per heavy atom. The standard InChI is InChI=1S/C10H20N2O2/c1-12-3-2-8(4-12)9(11)10(5-13)6-14-7-10/h8-9,13H,2-7,11H2,1H3. The monoisotopic (exact) mass is 200 g/mol. The molecule has 0 aromatic carbocycles. The predicted octanol–water partition coefficient (Wildman–Crippen LogP) is -0.726. The highest BCUT2D eigenvalue weighted by Gasteiger charge is 2.47. The summed E-state index contributed by atoms with van der Waals surface area (Å²) < 4.78 is 5.18. The number of rotatable bonds is 3. The smallest absolute Gasteiger partial charge is 0.0582 e. The van der Waals surface area contributed by atoms with E-state index in [1.165, 1.54) is 0 Å². The number of nitrogens with two attached hydrogens (primary N) is 1. The van der Waals surface area contributed by atoms with Gasteiger partial charge in [0.15, 0.2) is 0 Å². The number of nitrogens with zero attached hydrogens (tertiary/aromatic N) is 1. The van der Waals surface area contributed by atoms with Gasteiger partial charge in [-0.1, -0.05) is 0 Å². The van der Waals surface area contributed by atoms with E-state index in [4.69, 9.17) is 10.5 Å². The molecule has 0 amide bonds. The van der Waals surface area contributed by atoms with E-state index in [1.807, 2.05) is 0 Å². The summed E-state index contributed by atoms with van der Waals surface area (Å²) in [4.78, 5) is 2.30. The van der Waals surface area contributed by atoms with Crippen LogP contribution < -0.4 is 5.73 Å². The number of aliphatic hydroxyl groups excluding tert-OH is 1. The topological polar surface area (TPSA) is 58.7 Å². The van der Waals surface area contributed by atoms with Gasteiger partial charge in [-0.15, -0.1) is 0 Å². The van der Waals surface area contributed by atoms with Gasteiger partial charge in [0.25, 0.3) is 0 Å². The highest BCUT2D eigenvalue weighted by Crippen LogP contribution is 2.35. The number of likely N-dealkylation sites (tertiary alicyclic amines) is 1. The van der Waals surface area contributed by atoms with E-state index in [-0.39, 0.29) is 18.1 Å². The molecule has 82 valence electrons. The Labute approximate surface area is 85.0 Å². The van der Waals surface area contributed by atoms with Gasteiger partial charge in [0.05, 0.1) is 25.2 Å². The van der Waals surface area contributed by atoms with Crippen molar-refractivity contribution in [3.8, 4) is 0 Å². The molecule has 0 bridgehead atoms. The molecule has 2 aliphatic heterocycles. The third-order valence-electron chi connectivity index (χ3n) is 3.74. The minimum Gasteiger partial charge on any atom is -0.396 e. The van der Waals surface area contributed by atoms with Crippen LogP contribution in [0, 0.1) is 11.3 Å². The minimum atomic E-state index is -0.143. The predicted molar refractivity (Wildman–Crippen MR) is 53.9 cm³/mol. The quantitative estimate of drug-likeness (QED) is 0.631. The lowest BCUT2D eigenvalue weighted by molar-refractivity contribution is -0.156. The van der Waals surface area contributed by atoms with E-state index < -0.39 is 0 Å². The first-order valence-corrected chi connectivity index (χ1v) is 5.31. The fourth-order valence-electron chi connectivity index (χ4n) is 2.52. The normalized spacial score (nSPS) is 34.1. The summed E-state index contributed by atoms with van der Waals surface area (Å²) in [7, 11) is 2.12. The Morgan fingerprint density at radius 2 is 2.36 bits per heavy atom. The Balaban J connectivity index is 1.96. The van der Waals surface area contributed by atoms with E-state index in [1.54, 1.807) is 0 Å². The lowest BCUT2D eigenvalue weighted by Gasteiger charge is -2.46. The molecule has 2 heterocycles. The minimum absolute atomic E-state index is 0.0891. The summed E-state index contributed by atoms with van der Waals surface area (Å²) in [5, 5.41) is 9.36. The van der Waals surface area contributed by atoms with Gasteiger partial charge < -0.3 is 20.5 Å². The van der Waals surface area contributed by atoms with Crippen molar-refractivity contribution >= 4 is 0 Å². The van der Waals surface area contributed by atoms with Crippen LogP contribution in [0.5, 0.6) is 0 Å². The SMILES string of the molecule is CN1CCC(C(N)C2(CO)COC2)C1. The van der Waals surface area contributed by atoms with Crippen LogP contribution in [-0.2, 0) is 4.74 Å². The molecule has 0 radical (unpaired) electrons. The molecule has 2 aliphatic rings. The zero-order chi connectivity index (χ0) is 10.2. The summed E-state index contributed by atoms with van der Waals surface area (Å²) in [6.07, 6.45) is 1.15. The van der Waals surface area contributed by atoms with Crippen LogP contribution in [0.1, 0.15) is 6.42 Å². The molecule has 0 aliphatic carbocycles. The summed E-state index contributed by atoms with van der Waals surface area (Å²) in [5.41, 5.74) is 6.08. The van der Waals surface area contributed by atoms with Crippen molar-refractivity contribution in [1.29, 1.82) is 0 Å². The van der Waals surface area contributed by atoms with Gasteiger partial charge in [-0.3, -0.25) is 0 Å². The lowest BCUT2D eigenvalue weighted by Crippen LogP contribution is -2.60. The van der Waals surface area contributed by atoms with E-state index in [0.29, 0.717) is 19.1 Å². The molecule has 2 fully saturated rings. The molecule has 4 nitrogen and oxygen atoms in total. The van der Waals surface area contributed by atoms with Crippen molar-refractivity contribution < 1.29 is 9.84 Å². The van der Waals surface area contributed by atoms with Crippen LogP contribution in [0.25, 0.3) is 0 Å². The third kappa shape index (κ3) is 1.56. The van der Waals surface area contributed by atoms with Gasteiger partial charge in [-0.05, 0) is 25.9 Å². The molecule has 2 saturated heterocycles. The Kier molecular flexibility index (Phi) is 2.79. The zero-order valence-electron chi connectivity index (χ0n) is 8.78. The third-order valence-corrected chi connectivity index (χ3v) is 3.74. The summed E-state index contributed by atoms with van der Waals surface area (Å²) in [6, 6.07) is 0.0891. The summed E-state index contributed by atoms with van der Waals surface area (Å²) in [6.45, 7) is 3.60. The highest BCUT2D eigenvalue weighted by atomic mass is 16.5. The van der Waals surface area contributed by atoms with Crippen LogP contribution in [0.3, 0.4) is 0 Å². The zero-order valence-corrected chi connectivity index (χ0v) is 8.78. The summed E-state index contributed by atoms with van der Waals surface area (Å²) >= 11 is 0. The Hall–Kier alpha value is -0.160. The largest absolute Gasteiger partial charge is 0.396 e. The molecule has 0 spiro atoms. The van der Waals surface area contributed by atoms with Crippen LogP contribution in [0.4, 0.5) is 0 Å². The van der Waals surface area contributed by atoms with Crippen molar-refractivity contribution in [1.82, 2.24) is 4.90 Å². The first kappa shape index (κ1) is 10.4. The first-order valence-electron chi connectivity index (χ1n) is 5.31. The molecule has 2 rings (SSSR count). The van der Waals surface area contributed by atoms with Crippen molar-refractivity contribution in [2.24, 2.45) is 17.1 Å². The lowest BCUT2D eigenvalue weighted by atomic mass is 9.73. The maximum Gasteiger partial charge on any atom is 0.0582 e. The van der Waals surface area contributed by atoms with Gasteiger partial charge in [0.2, 0.25) is 0 Å². The van der Waals surface area contributed by atoms with Crippen molar-refractivity contribution in [2.45, 2.75) is 12.5 Å². The van der Waals surface area contributed by atoms with Crippen molar-refractivity contribution in [2.75, 3.05) is 40.0 Å². The fraction of sp³-hybridized carbons (Fsp3) is 1.00. The first-order chi connectivity index (χ1) is 6.68. The van der Waals surface area contributed by atoms with E-state index in [9.17, 15) is 5.11 Å². The Bertz CT molecular complexity index is 201. The second kappa shape index (κ2) is 3.77. The second-order valence-corrected chi connectivity index (χ2v) is 4.85. The molecular formula is C10H20N2O2. The molecule has 0 aromatic heterocycles. The van der Waals surface area contributed by atoms with Crippen molar-refractivity contribution in [3.63, 3.8) is 0 Å². The molecule has 0 saturated carbocycles. The summed E-state index contributed by atoms with van der Waals surface area (Å²) in [5.74, 6) is 0.524. The number of aliphatic hydroxyl groups is 1. The van der Waals surface area contributed by atoms with Gasteiger partial charge in [0, 0.05) is 12.6 Å². The average Bonchev–Trinajstić information content (AvgIpc) is 2.50. The van der Waals surface area contributed by atoms with Gasteiger partial charge in [0.1, 0.15) is 0 Å². The van der Waals surface area contributed by atoms with E-state index in [2.05, 4.69) is 11.9 Å². The van der Waals surface area contributed by atoms with Gasteiger partial charge in [-0.2, -0.15) is 0 Å². The van der Waals surface area contributed by atoms with Crippen LogP contribution in [-0.4, -0.2) is 56.0 Å². The number of ether oxygens (including phenoxy) is 1. The number of hydrogen-bond donors (Lipinski definition) is 2. The van der Waals surface area contributed by atoms with Crippen LogP contribution in [0.15, 0.2) is 0 Å². The van der Waals surface area contributed by atoms with Crippen LogP contribution in [0.2, 0.25) is 0 Å². The molecule has 4 heteroatoms. The highest BCUT2D eigenvalue weighted by molar-refractivity contribution is 4.99. The van der Waals surface area contributed by atoms with Gasteiger partial charge in [-0.25, -0.2) is 0 Å². The molecule has 3 N–H and O–H groups in total. The molecule has 2 atom stereocenters. The molecule has 2 unspecified atom stereocenters. The van der Waals surface area contributed by atoms with E-state index in [0.717, 1.165) is 19.5 Å². The maximum absolute atomic E-state index is 9.36. The molecular weight excluding hydrogens is 180 g/mol. The van der Waals surface area contributed by atoms with Crippen LogP contribution >= 0.6 is 0 Å². The maximum atomic E-state index is 9.36.